The summed E-state index contributed by atoms with van der Waals surface area (Å²) < 4.78 is 52.4. The third kappa shape index (κ3) is 4.88. The minimum atomic E-state index is -0.953. The van der Waals surface area contributed by atoms with Gasteiger partial charge in [-0.05, 0) is 18.8 Å². The number of aromatic nitrogens is 2. The summed E-state index contributed by atoms with van der Waals surface area (Å²) in [7, 11) is 0. The molecule has 0 aliphatic carbocycles. The van der Waals surface area contributed by atoms with Gasteiger partial charge in [0.25, 0.3) is 0 Å². The molecule has 0 saturated heterocycles. The van der Waals surface area contributed by atoms with Gasteiger partial charge in [0.1, 0.15) is 0 Å². The second kappa shape index (κ2) is 9.98. The maximum Gasteiger partial charge on any atom is 0.246 e. The van der Waals surface area contributed by atoms with Crippen molar-refractivity contribution in [3.63, 3.8) is 0 Å². The van der Waals surface area contributed by atoms with Crippen molar-refractivity contribution < 1.29 is 37.9 Å². The maximum atomic E-state index is 6.63. The lowest BCUT2D eigenvalue weighted by atomic mass is 9.83. The number of rotatable bonds is 6. The van der Waals surface area contributed by atoms with Crippen LogP contribution in [0.3, 0.4) is 0 Å². The molecule has 0 bridgehead atoms. The zero-order valence-electron chi connectivity index (χ0n) is 27.1. The Kier molecular flexibility index (Phi) is 6.79. The van der Waals surface area contributed by atoms with Crippen LogP contribution in [0, 0.1) is 0 Å². The minimum absolute atomic E-state index is 0.538. The minimum Gasteiger partial charge on any atom is -0.449 e. The zero-order chi connectivity index (χ0) is 32.3. The highest BCUT2D eigenvalue weighted by molar-refractivity contribution is 7.99. The van der Waals surface area contributed by atoms with Crippen LogP contribution < -0.4 is 37.9 Å². The molecule has 0 unspecified atom stereocenters. The number of ether oxygens (including phenoxy) is 8. The van der Waals surface area contributed by atoms with Crippen LogP contribution in [0.25, 0.3) is 0 Å². The van der Waals surface area contributed by atoms with Crippen LogP contribution in [0.4, 0.5) is 0 Å². The van der Waals surface area contributed by atoms with Gasteiger partial charge in [-0.3, -0.25) is 0 Å². The molecule has 4 aliphatic rings. The van der Waals surface area contributed by atoms with Gasteiger partial charge in [-0.1, -0.05) is 11.8 Å². The largest absolute Gasteiger partial charge is 0.449 e. The quantitative estimate of drug-likeness (QED) is 0.188. The molecule has 0 saturated carbocycles. The molecule has 4 aliphatic heterocycles. The molecule has 0 fully saturated rings. The van der Waals surface area contributed by atoms with Gasteiger partial charge >= 0.3 is 0 Å². The fourth-order valence-electron chi connectivity index (χ4n) is 6.09. The Morgan fingerprint density at radius 3 is 1.02 bits per heavy atom. The molecule has 0 radical (unpaired) electrons. The van der Waals surface area contributed by atoms with Crippen molar-refractivity contribution in [2.45, 2.75) is 99.4 Å². The van der Waals surface area contributed by atoms with Gasteiger partial charge in [-0.2, -0.15) is 0 Å². The lowest BCUT2D eigenvalue weighted by molar-refractivity contribution is -0.0510. The molecule has 3 aromatic rings. The SMILES string of the molecule is CSc1ncc(C(c2c3c(c(SC)c4c2OC(C)(C)O4)OC(C)(C)O3)c2c3c(c(SC)c4c2OC(C)(C)O4)OC(C)(C)O3)cn1. The molecule has 7 rings (SSSR count). The molecule has 2 aromatic carbocycles. The summed E-state index contributed by atoms with van der Waals surface area (Å²) in [6, 6.07) is 0. The van der Waals surface area contributed by atoms with Gasteiger partial charge in [-0.15, -0.1) is 23.5 Å². The molecular weight excluding hydrogens is 637 g/mol. The number of hydrogen-bond donors (Lipinski definition) is 0. The third-order valence-electron chi connectivity index (χ3n) is 7.56. The highest BCUT2D eigenvalue weighted by atomic mass is 32.2. The fraction of sp³-hybridized carbons (Fsp3) is 0.500. The zero-order valence-corrected chi connectivity index (χ0v) is 29.6. The van der Waals surface area contributed by atoms with Crippen molar-refractivity contribution in [3.8, 4) is 46.0 Å². The first-order valence-electron chi connectivity index (χ1n) is 14.5. The molecule has 10 nitrogen and oxygen atoms in total. The van der Waals surface area contributed by atoms with Crippen LogP contribution in [0.15, 0.2) is 27.3 Å². The summed E-state index contributed by atoms with van der Waals surface area (Å²) in [5, 5.41) is 0.641. The van der Waals surface area contributed by atoms with Gasteiger partial charge in [-0.25, -0.2) is 9.97 Å². The third-order valence-corrected chi connectivity index (χ3v) is 9.69. The summed E-state index contributed by atoms with van der Waals surface area (Å²) in [5.74, 6) is 0.0183. The van der Waals surface area contributed by atoms with E-state index in [0.717, 1.165) is 15.4 Å². The van der Waals surface area contributed by atoms with Crippen molar-refractivity contribution in [3.05, 3.63) is 29.1 Å². The van der Waals surface area contributed by atoms with Crippen molar-refractivity contribution >= 4 is 35.3 Å². The maximum absolute atomic E-state index is 6.63. The van der Waals surface area contributed by atoms with Crippen LogP contribution in [0.2, 0.25) is 0 Å². The second-order valence-electron chi connectivity index (χ2n) is 12.9. The van der Waals surface area contributed by atoms with E-state index >= 15 is 0 Å². The van der Waals surface area contributed by atoms with Gasteiger partial charge in [0, 0.05) is 73.3 Å². The van der Waals surface area contributed by atoms with E-state index in [2.05, 4.69) is 9.97 Å². The van der Waals surface area contributed by atoms with E-state index < -0.39 is 29.1 Å². The van der Waals surface area contributed by atoms with Gasteiger partial charge < -0.3 is 37.9 Å². The van der Waals surface area contributed by atoms with E-state index in [9.17, 15) is 0 Å². The smallest absolute Gasteiger partial charge is 0.246 e. The van der Waals surface area contributed by atoms with Crippen molar-refractivity contribution in [1.82, 2.24) is 9.97 Å². The van der Waals surface area contributed by atoms with Crippen LogP contribution in [0.1, 0.15) is 78.0 Å². The van der Waals surface area contributed by atoms with Crippen molar-refractivity contribution in [2.75, 3.05) is 18.8 Å². The van der Waals surface area contributed by atoms with Crippen molar-refractivity contribution in [1.29, 1.82) is 0 Å². The number of hydrogen-bond acceptors (Lipinski definition) is 13. The van der Waals surface area contributed by atoms with Crippen LogP contribution in [-0.2, 0) is 0 Å². The Labute approximate surface area is 275 Å². The van der Waals surface area contributed by atoms with E-state index in [1.54, 1.807) is 0 Å². The summed E-state index contributed by atoms with van der Waals surface area (Å²) in [4.78, 5) is 10.9. The predicted octanol–water partition coefficient (Wildman–Crippen LogP) is 7.85. The Morgan fingerprint density at radius 2 is 0.756 bits per heavy atom. The molecule has 45 heavy (non-hydrogen) atoms. The first-order chi connectivity index (χ1) is 21.1. The van der Waals surface area contributed by atoms with E-state index in [1.807, 2.05) is 86.6 Å². The first-order valence-corrected chi connectivity index (χ1v) is 18.2. The van der Waals surface area contributed by atoms with E-state index in [-0.39, 0.29) is 0 Å². The number of fused-ring (bicyclic) bond motifs is 4. The Bertz CT molecular complexity index is 1550. The predicted molar refractivity (Wildman–Crippen MR) is 173 cm³/mol. The summed E-state index contributed by atoms with van der Waals surface area (Å²) in [6.45, 7) is 15.0. The molecule has 0 amide bonds. The molecule has 0 atom stereocenters. The summed E-state index contributed by atoms with van der Waals surface area (Å²) >= 11 is 4.49. The highest BCUT2D eigenvalue weighted by Crippen LogP contribution is 2.67. The Morgan fingerprint density at radius 1 is 0.467 bits per heavy atom. The van der Waals surface area contributed by atoms with E-state index in [1.165, 1.54) is 35.3 Å². The number of thioether (sulfide) groups is 3. The summed E-state index contributed by atoms with van der Waals surface area (Å²) in [5.41, 5.74) is 2.10. The molecule has 13 heteroatoms. The van der Waals surface area contributed by atoms with Crippen LogP contribution in [0.5, 0.6) is 46.0 Å². The Balaban J connectivity index is 1.62. The molecule has 5 heterocycles. The molecule has 1 aromatic heterocycles. The van der Waals surface area contributed by atoms with Gasteiger partial charge in [0.2, 0.25) is 23.1 Å². The topological polar surface area (TPSA) is 99.6 Å². The normalized spacial score (nSPS) is 19.8. The molecule has 0 N–H and O–H groups in total. The van der Waals surface area contributed by atoms with E-state index in [0.29, 0.717) is 62.3 Å². The van der Waals surface area contributed by atoms with Crippen LogP contribution in [-0.4, -0.2) is 51.9 Å². The Hall–Kier alpha value is -3.03. The molecule has 0 spiro atoms. The number of nitrogens with zero attached hydrogens (tertiary/aromatic N) is 2. The first kappa shape index (κ1) is 30.6. The van der Waals surface area contributed by atoms with E-state index in [4.69, 9.17) is 37.9 Å². The average molecular weight is 673 g/mol. The lowest BCUT2D eigenvalue weighted by Gasteiger charge is -2.26. The molecular formula is C32H36N2O8S3. The highest BCUT2D eigenvalue weighted by Gasteiger charge is 2.52. The fourth-order valence-corrected chi connectivity index (χ4v) is 7.69. The standard InChI is InChI=1S/C32H36N2O8S3/c1-29(2)35-18-16(19-23(40-30(3,4)36-19)26(43-9)22(18)39-29)15(14-12-33-28(45-11)34-13-14)17-20-24(41-31(5,6)37-20)27(44-10)25-21(17)38-32(7,8)42-25/h12-13,15H,1-11H3. The lowest BCUT2D eigenvalue weighted by Crippen LogP contribution is -2.31. The number of benzene rings is 2. The van der Waals surface area contributed by atoms with Crippen LogP contribution >= 0.6 is 35.3 Å². The van der Waals surface area contributed by atoms with Crippen molar-refractivity contribution in [2.24, 2.45) is 0 Å². The van der Waals surface area contributed by atoms with Gasteiger partial charge in [0.05, 0.1) is 26.8 Å². The second-order valence-corrected chi connectivity index (χ2v) is 15.3. The monoisotopic (exact) mass is 672 g/mol. The molecule has 240 valence electrons. The summed E-state index contributed by atoms with van der Waals surface area (Å²) in [6.07, 6.45) is 9.53. The average Bonchev–Trinajstić information content (AvgIpc) is 3.65. The van der Waals surface area contributed by atoms with Gasteiger partial charge in [0.15, 0.2) is 51.2 Å².